The van der Waals surface area contributed by atoms with E-state index in [2.05, 4.69) is 16.7 Å². The van der Waals surface area contributed by atoms with E-state index in [9.17, 15) is 0 Å². The molecule has 1 heterocycles. The maximum absolute atomic E-state index is 5.68. The summed E-state index contributed by atoms with van der Waals surface area (Å²) in [5, 5.41) is 6.40. The fourth-order valence-corrected chi connectivity index (χ4v) is 1.38. The highest BCUT2D eigenvalue weighted by molar-refractivity contribution is 6.17. The predicted molar refractivity (Wildman–Crippen MR) is 48.1 cm³/mol. The van der Waals surface area contributed by atoms with E-state index >= 15 is 0 Å². The molecule has 2 rings (SSSR count). The van der Waals surface area contributed by atoms with Crippen LogP contribution >= 0.6 is 11.6 Å². The van der Waals surface area contributed by atoms with E-state index in [-0.39, 0.29) is 0 Å². The van der Waals surface area contributed by atoms with Gasteiger partial charge in [-0.15, -0.1) is 11.6 Å². The van der Waals surface area contributed by atoms with Crippen LogP contribution in [0.2, 0.25) is 0 Å². The molecule has 1 aromatic rings. The van der Waals surface area contributed by atoms with Gasteiger partial charge in [0.2, 0.25) is 0 Å². The third kappa shape index (κ3) is 1.14. The number of anilines is 2. The Labute approximate surface area is 70.6 Å². The second-order valence-electron chi connectivity index (χ2n) is 2.54. The summed E-state index contributed by atoms with van der Waals surface area (Å²) in [5.41, 5.74) is 3.48. The van der Waals surface area contributed by atoms with Crippen molar-refractivity contribution >= 4 is 23.0 Å². The van der Waals surface area contributed by atoms with Crippen molar-refractivity contribution in [2.75, 3.05) is 17.3 Å². The molecule has 58 valence electrons. The molecular formula is C8H9ClN2. The van der Waals surface area contributed by atoms with Crippen molar-refractivity contribution in [2.45, 2.75) is 5.88 Å². The molecule has 0 unspecified atom stereocenters. The quantitative estimate of drug-likeness (QED) is 0.629. The van der Waals surface area contributed by atoms with Crippen LogP contribution in [0.1, 0.15) is 5.56 Å². The van der Waals surface area contributed by atoms with E-state index < -0.39 is 0 Å². The molecule has 3 heteroatoms. The van der Waals surface area contributed by atoms with Gasteiger partial charge < -0.3 is 10.6 Å². The lowest BCUT2D eigenvalue weighted by molar-refractivity contribution is 1.31. The number of rotatable bonds is 1. The van der Waals surface area contributed by atoms with Gasteiger partial charge in [-0.2, -0.15) is 0 Å². The van der Waals surface area contributed by atoms with Crippen molar-refractivity contribution in [1.82, 2.24) is 0 Å². The summed E-state index contributed by atoms with van der Waals surface area (Å²) in [4.78, 5) is 0. The van der Waals surface area contributed by atoms with Gasteiger partial charge in [-0.3, -0.25) is 0 Å². The van der Waals surface area contributed by atoms with Gasteiger partial charge >= 0.3 is 0 Å². The van der Waals surface area contributed by atoms with Crippen LogP contribution in [0.15, 0.2) is 18.2 Å². The van der Waals surface area contributed by atoms with Gasteiger partial charge in [0.05, 0.1) is 18.0 Å². The molecular weight excluding hydrogens is 160 g/mol. The fourth-order valence-electron chi connectivity index (χ4n) is 1.21. The van der Waals surface area contributed by atoms with Gasteiger partial charge in [0, 0.05) is 5.88 Å². The first kappa shape index (κ1) is 6.80. The van der Waals surface area contributed by atoms with Gasteiger partial charge in [-0.1, -0.05) is 6.07 Å². The van der Waals surface area contributed by atoms with E-state index in [1.54, 1.807) is 0 Å². The lowest BCUT2D eigenvalue weighted by atomic mass is 10.2. The number of nitrogens with one attached hydrogen (secondary N) is 2. The van der Waals surface area contributed by atoms with Gasteiger partial charge in [0.25, 0.3) is 0 Å². The third-order valence-corrected chi connectivity index (χ3v) is 2.10. The van der Waals surface area contributed by atoms with Crippen LogP contribution in [-0.2, 0) is 5.88 Å². The normalized spacial score (nSPS) is 13.5. The van der Waals surface area contributed by atoms with E-state index in [0.717, 1.165) is 17.9 Å². The predicted octanol–water partition coefficient (Wildman–Crippen LogP) is 2.22. The Bertz CT molecular complexity index is 273. The highest BCUT2D eigenvalue weighted by atomic mass is 35.5. The Balaban J connectivity index is 2.41. The zero-order chi connectivity index (χ0) is 7.68. The van der Waals surface area contributed by atoms with Gasteiger partial charge in [-0.05, 0) is 17.7 Å². The average molecular weight is 169 g/mol. The maximum Gasteiger partial charge on any atom is 0.0850 e. The number of alkyl halides is 1. The Morgan fingerprint density at radius 2 is 2.09 bits per heavy atom. The first-order valence-electron chi connectivity index (χ1n) is 3.57. The van der Waals surface area contributed by atoms with E-state index in [1.165, 1.54) is 5.69 Å². The van der Waals surface area contributed by atoms with Gasteiger partial charge in [0.1, 0.15) is 0 Å². The second kappa shape index (κ2) is 2.62. The molecule has 0 saturated heterocycles. The first-order valence-corrected chi connectivity index (χ1v) is 4.10. The van der Waals surface area contributed by atoms with Crippen molar-refractivity contribution in [3.8, 4) is 0 Å². The molecule has 0 atom stereocenters. The standard InChI is InChI=1S/C8H9ClN2/c9-4-6-1-2-7-8(3-6)11-5-10-7/h1-3,10-11H,4-5H2. The number of halogens is 1. The Hall–Kier alpha value is -0.890. The van der Waals surface area contributed by atoms with Gasteiger partial charge in [-0.25, -0.2) is 0 Å². The Kier molecular flexibility index (Phi) is 1.62. The molecule has 11 heavy (non-hydrogen) atoms. The number of benzene rings is 1. The number of hydrogen-bond donors (Lipinski definition) is 2. The highest BCUT2D eigenvalue weighted by Gasteiger charge is 2.07. The average Bonchev–Trinajstić information content (AvgIpc) is 2.50. The summed E-state index contributed by atoms with van der Waals surface area (Å²) in [6.45, 7) is 0.821. The molecule has 0 aromatic heterocycles. The van der Waals surface area contributed by atoms with Gasteiger partial charge in [0.15, 0.2) is 0 Å². The monoisotopic (exact) mass is 168 g/mol. The fraction of sp³-hybridized carbons (Fsp3) is 0.250. The van der Waals surface area contributed by atoms with Crippen molar-refractivity contribution in [2.24, 2.45) is 0 Å². The van der Waals surface area contributed by atoms with Crippen molar-refractivity contribution in [3.05, 3.63) is 23.8 Å². The minimum absolute atomic E-state index is 0.578. The van der Waals surface area contributed by atoms with Crippen molar-refractivity contribution in [3.63, 3.8) is 0 Å². The molecule has 0 saturated carbocycles. The number of fused-ring (bicyclic) bond motifs is 1. The SMILES string of the molecule is ClCc1ccc2c(c1)NCN2. The van der Waals surface area contributed by atoms with E-state index in [1.807, 2.05) is 12.1 Å². The lowest BCUT2D eigenvalue weighted by Crippen LogP contribution is -1.98. The maximum atomic E-state index is 5.68. The molecule has 0 radical (unpaired) electrons. The summed E-state index contributed by atoms with van der Waals surface area (Å²) in [6.07, 6.45) is 0. The summed E-state index contributed by atoms with van der Waals surface area (Å²) >= 11 is 5.68. The van der Waals surface area contributed by atoms with Crippen LogP contribution in [0.5, 0.6) is 0 Å². The highest BCUT2D eigenvalue weighted by Crippen LogP contribution is 2.27. The molecule has 1 aliphatic heterocycles. The van der Waals surface area contributed by atoms with Crippen molar-refractivity contribution < 1.29 is 0 Å². The zero-order valence-electron chi connectivity index (χ0n) is 6.02. The molecule has 1 aromatic carbocycles. The smallest absolute Gasteiger partial charge is 0.0850 e. The minimum Gasteiger partial charge on any atom is -0.366 e. The molecule has 0 bridgehead atoms. The van der Waals surface area contributed by atoms with E-state index in [4.69, 9.17) is 11.6 Å². The molecule has 0 aliphatic carbocycles. The van der Waals surface area contributed by atoms with Crippen molar-refractivity contribution in [1.29, 1.82) is 0 Å². The summed E-state index contributed by atoms with van der Waals surface area (Å²) < 4.78 is 0. The minimum atomic E-state index is 0.578. The zero-order valence-corrected chi connectivity index (χ0v) is 6.78. The van der Waals surface area contributed by atoms with Crippen LogP contribution in [-0.4, -0.2) is 6.67 Å². The van der Waals surface area contributed by atoms with Crippen LogP contribution in [0.25, 0.3) is 0 Å². The molecule has 2 nitrogen and oxygen atoms in total. The van der Waals surface area contributed by atoms with Crippen LogP contribution in [0.3, 0.4) is 0 Å². The molecule has 0 spiro atoms. The topological polar surface area (TPSA) is 24.1 Å². The third-order valence-electron chi connectivity index (χ3n) is 1.80. The van der Waals surface area contributed by atoms with E-state index in [0.29, 0.717) is 5.88 Å². The Morgan fingerprint density at radius 1 is 1.27 bits per heavy atom. The summed E-state index contributed by atoms with van der Waals surface area (Å²) in [6, 6.07) is 6.15. The lowest BCUT2D eigenvalue weighted by Gasteiger charge is -1.99. The molecule has 0 fully saturated rings. The second-order valence-corrected chi connectivity index (χ2v) is 2.81. The summed E-state index contributed by atoms with van der Waals surface area (Å²) in [7, 11) is 0. The molecule has 2 N–H and O–H groups in total. The van der Waals surface area contributed by atoms with Crippen LogP contribution in [0, 0.1) is 0 Å². The largest absolute Gasteiger partial charge is 0.366 e. The number of hydrogen-bond acceptors (Lipinski definition) is 2. The molecule has 0 amide bonds. The Morgan fingerprint density at radius 3 is 2.91 bits per heavy atom. The van der Waals surface area contributed by atoms with Crippen LogP contribution in [0.4, 0.5) is 11.4 Å². The van der Waals surface area contributed by atoms with Crippen LogP contribution < -0.4 is 10.6 Å². The molecule has 1 aliphatic rings. The first-order chi connectivity index (χ1) is 5.40. The summed E-state index contributed by atoms with van der Waals surface area (Å²) in [5.74, 6) is 0.578.